The molecule has 24 heavy (non-hydrogen) atoms. The summed E-state index contributed by atoms with van der Waals surface area (Å²) in [6, 6.07) is 16.3. The van der Waals surface area contributed by atoms with Gasteiger partial charge in [-0.1, -0.05) is 35.7 Å². The molecule has 0 saturated heterocycles. The number of carbonyl (C=O) groups is 1. The number of nitrogens with zero attached hydrogens (tertiary/aromatic N) is 1. The Balaban J connectivity index is 2.10. The van der Waals surface area contributed by atoms with Crippen LogP contribution in [0.3, 0.4) is 0 Å². The summed E-state index contributed by atoms with van der Waals surface area (Å²) in [5.74, 6) is 2.57. The predicted octanol–water partition coefficient (Wildman–Crippen LogP) is 3.55. The van der Waals surface area contributed by atoms with Crippen LogP contribution in [-0.2, 0) is 4.79 Å². The minimum atomic E-state index is -0.450. The molecule has 0 aliphatic heterocycles. The van der Waals surface area contributed by atoms with Crippen LogP contribution in [0.2, 0.25) is 0 Å². The highest BCUT2D eigenvalue weighted by Gasteiger charge is 2.09. The first-order valence-electron chi connectivity index (χ1n) is 7.28. The Hall–Kier alpha value is -3.50. The molecule has 2 rings (SSSR count). The van der Waals surface area contributed by atoms with Crippen LogP contribution in [-0.4, -0.2) is 12.5 Å². The fourth-order valence-corrected chi connectivity index (χ4v) is 1.94. The molecule has 2 aromatic rings. The first kappa shape index (κ1) is 16.9. The smallest absolute Gasteiger partial charge is 0.266 e. The zero-order valence-corrected chi connectivity index (χ0v) is 13.2. The Bertz CT molecular complexity index is 820. The number of anilines is 1. The average molecular weight is 316 g/mol. The summed E-state index contributed by atoms with van der Waals surface area (Å²) in [5.41, 5.74) is 2.48. The van der Waals surface area contributed by atoms with Crippen molar-refractivity contribution in [2.75, 3.05) is 11.9 Å². The fraction of sp³-hybridized carbons (Fsp3) is 0.100. The van der Waals surface area contributed by atoms with E-state index in [1.54, 1.807) is 36.4 Å². The zero-order valence-electron chi connectivity index (χ0n) is 13.2. The lowest BCUT2D eigenvalue weighted by Crippen LogP contribution is -2.13. The molecule has 4 heteroatoms. The van der Waals surface area contributed by atoms with Gasteiger partial charge in [-0.25, -0.2) is 0 Å². The molecule has 4 nitrogen and oxygen atoms in total. The molecule has 0 unspecified atom stereocenters. The second-order valence-corrected chi connectivity index (χ2v) is 5.05. The number of carbonyl (C=O) groups excluding carboxylic acids is 1. The summed E-state index contributed by atoms with van der Waals surface area (Å²) < 4.78 is 5.28. The third-order valence-corrected chi connectivity index (χ3v) is 3.19. The lowest BCUT2D eigenvalue weighted by molar-refractivity contribution is -0.112. The maximum atomic E-state index is 12.2. The molecule has 1 N–H and O–H groups in total. The van der Waals surface area contributed by atoms with Crippen molar-refractivity contribution in [1.82, 2.24) is 0 Å². The highest BCUT2D eigenvalue weighted by molar-refractivity contribution is 6.09. The number of hydrogen-bond acceptors (Lipinski definition) is 3. The van der Waals surface area contributed by atoms with Crippen molar-refractivity contribution in [2.45, 2.75) is 6.92 Å². The highest BCUT2D eigenvalue weighted by atomic mass is 16.5. The second kappa shape index (κ2) is 8.22. The molecule has 118 valence electrons. The first-order valence-corrected chi connectivity index (χ1v) is 7.28. The third-order valence-electron chi connectivity index (χ3n) is 3.19. The Kier molecular flexibility index (Phi) is 5.77. The largest absolute Gasteiger partial charge is 0.481 e. The van der Waals surface area contributed by atoms with Crippen LogP contribution in [0.25, 0.3) is 6.08 Å². The van der Waals surface area contributed by atoms with E-state index < -0.39 is 5.91 Å². The predicted molar refractivity (Wildman–Crippen MR) is 94.2 cm³/mol. The number of benzene rings is 2. The van der Waals surface area contributed by atoms with Crippen molar-refractivity contribution in [3.8, 4) is 24.2 Å². The molecule has 0 saturated carbocycles. The number of nitrogens with one attached hydrogen (secondary N) is 1. The van der Waals surface area contributed by atoms with Crippen molar-refractivity contribution in [2.24, 2.45) is 0 Å². The van der Waals surface area contributed by atoms with Crippen LogP contribution in [0.5, 0.6) is 5.75 Å². The first-order chi connectivity index (χ1) is 11.6. The van der Waals surface area contributed by atoms with E-state index in [1.807, 2.05) is 25.1 Å². The molecular formula is C20H16N2O2. The molecule has 0 aromatic heterocycles. The minimum absolute atomic E-state index is 0.0212. The van der Waals surface area contributed by atoms with Crippen molar-refractivity contribution in [3.05, 3.63) is 65.2 Å². The van der Waals surface area contributed by atoms with Crippen LogP contribution >= 0.6 is 0 Å². The van der Waals surface area contributed by atoms with Crippen LogP contribution in [0.1, 0.15) is 11.1 Å². The van der Waals surface area contributed by atoms with Gasteiger partial charge in [0.25, 0.3) is 5.91 Å². The molecule has 0 aliphatic carbocycles. The van der Waals surface area contributed by atoms with E-state index >= 15 is 0 Å². The maximum absolute atomic E-state index is 12.2. The van der Waals surface area contributed by atoms with E-state index in [4.69, 9.17) is 11.2 Å². The second-order valence-electron chi connectivity index (χ2n) is 5.05. The normalized spacial score (nSPS) is 10.4. The molecule has 2 aromatic carbocycles. The summed E-state index contributed by atoms with van der Waals surface area (Å²) in [6.45, 7) is 2.15. The maximum Gasteiger partial charge on any atom is 0.266 e. The van der Waals surface area contributed by atoms with Gasteiger partial charge in [0, 0.05) is 5.69 Å². The summed E-state index contributed by atoms with van der Waals surface area (Å²) in [7, 11) is 0. The van der Waals surface area contributed by atoms with Gasteiger partial charge in [0.15, 0.2) is 0 Å². The number of terminal acetylenes is 1. The molecule has 0 heterocycles. The van der Waals surface area contributed by atoms with E-state index in [1.165, 1.54) is 6.08 Å². The molecular weight excluding hydrogens is 300 g/mol. The lowest BCUT2D eigenvalue weighted by atomic mass is 10.1. The Morgan fingerprint density at radius 1 is 1.21 bits per heavy atom. The topological polar surface area (TPSA) is 62.1 Å². The molecule has 0 bridgehead atoms. The molecule has 1 amide bonds. The summed E-state index contributed by atoms with van der Waals surface area (Å²) in [6.07, 6.45) is 6.65. The molecule has 0 radical (unpaired) electrons. The van der Waals surface area contributed by atoms with E-state index in [2.05, 4.69) is 11.2 Å². The van der Waals surface area contributed by atoms with Crippen LogP contribution in [0.4, 0.5) is 5.69 Å². The SMILES string of the molecule is C#CCOc1ccc(C=C(C#N)C(=O)Nc2ccc(C)cc2)cc1. The highest BCUT2D eigenvalue weighted by Crippen LogP contribution is 2.16. The van der Waals surface area contributed by atoms with E-state index in [9.17, 15) is 10.1 Å². The average Bonchev–Trinajstić information content (AvgIpc) is 2.60. The summed E-state index contributed by atoms with van der Waals surface area (Å²) >= 11 is 0. The van der Waals surface area contributed by atoms with Crippen molar-refractivity contribution < 1.29 is 9.53 Å². The summed E-state index contributed by atoms with van der Waals surface area (Å²) in [5, 5.41) is 11.9. The van der Waals surface area contributed by atoms with E-state index in [-0.39, 0.29) is 12.2 Å². The van der Waals surface area contributed by atoms with Gasteiger partial charge < -0.3 is 10.1 Å². The molecule has 0 fully saturated rings. The molecule has 0 spiro atoms. The van der Waals surface area contributed by atoms with Crippen LogP contribution in [0, 0.1) is 30.6 Å². The number of ether oxygens (including phenoxy) is 1. The standard InChI is InChI=1S/C20H16N2O2/c1-3-12-24-19-10-6-16(7-11-19)13-17(14-21)20(23)22-18-8-4-15(2)5-9-18/h1,4-11,13H,12H2,2H3,(H,22,23). The van der Waals surface area contributed by atoms with Gasteiger partial charge >= 0.3 is 0 Å². The van der Waals surface area contributed by atoms with Crippen LogP contribution < -0.4 is 10.1 Å². The lowest BCUT2D eigenvalue weighted by Gasteiger charge is -2.05. The van der Waals surface area contributed by atoms with Crippen molar-refractivity contribution >= 4 is 17.7 Å². The number of nitriles is 1. The van der Waals surface area contributed by atoms with Gasteiger partial charge in [-0.05, 0) is 42.8 Å². The number of hydrogen-bond donors (Lipinski definition) is 1. The van der Waals surface area contributed by atoms with Crippen molar-refractivity contribution in [1.29, 1.82) is 5.26 Å². The monoisotopic (exact) mass is 316 g/mol. The minimum Gasteiger partial charge on any atom is -0.481 e. The third kappa shape index (κ3) is 4.76. The van der Waals surface area contributed by atoms with Gasteiger partial charge in [-0.3, -0.25) is 4.79 Å². The van der Waals surface area contributed by atoms with Gasteiger partial charge in [0.05, 0.1) is 0 Å². The van der Waals surface area contributed by atoms with Crippen LogP contribution in [0.15, 0.2) is 54.1 Å². The van der Waals surface area contributed by atoms with Gasteiger partial charge in [0.1, 0.15) is 24.0 Å². The fourth-order valence-electron chi connectivity index (χ4n) is 1.94. The number of rotatable bonds is 5. The molecule has 0 atom stereocenters. The van der Waals surface area contributed by atoms with Gasteiger partial charge in [-0.15, -0.1) is 6.42 Å². The Morgan fingerprint density at radius 2 is 1.88 bits per heavy atom. The molecule has 0 aliphatic rings. The Labute approximate surface area is 141 Å². The van der Waals surface area contributed by atoms with E-state index in [0.29, 0.717) is 11.4 Å². The Morgan fingerprint density at radius 3 is 2.46 bits per heavy atom. The number of amides is 1. The quantitative estimate of drug-likeness (QED) is 0.521. The van der Waals surface area contributed by atoms with Crippen molar-refractivity contribution in [3.63, 3.8) is 0 Å². The van der Waals surface area contributed by atoms with Gasteiger partial charge in [0.2, 0.25) is 0 Å². The van der Waals surface area contributed by atoms with E-state index in [0.717, 1.165) is 11.1 Å². The zero-order chi connectivity index (χ0) is 17.4. The number of aryl methyl sites for hydroxylation is 1. The van der Waals surface area contributed by atoms with Gasteiger partial charge in [-0.2, -0.15) is 5.26 Å². The summed E-state index contributed by atoms with van der Waals surface area (Å²) in [4.78, 5) is 12.2.